The number of ether oxygens (including phenoxy) is 2. The summed E-state index contributed by atoms with van der Waals surface area (Å²) < 4.78 is 24.9. The van der Waals surface area contributed by atoms with E-state index in [-0.39, 0.29) is 11.7 Å². The molecule has 2 aromatic rings. The van der Waals surface area contributed by atoms with E-state index >= 15 is 0 Å². The molecule has 0 radical (unpaired) electrons. The van der Waals surface area contributed by atoms with Crippen molar-refractivity contribution in [3.05, 3.63) is 52.5 Å². The molecule has 2 N–H and O–H groups in total. The van der Waals surface area contributed by atoms with Crippen molar-refractivity contribution in [3.63, 3.8) is 0 Å². The third-order valence-corrected chi connectivity index (χ3v) is 5.27. The number of pyridine rings is 1. The summed E-state index contributed by atoms with van der Waals surface area (Å²) in [6, 6.07) is 5.06. The van der Waals surface area contributed by atoms with Gasteiger partial charge < -0.3 is 20.1 Å². The van der Waals surface area contributed by atoms with Crippen molar-refractivity contribution in [3.8, 4) is 5.75 Å². The van der Waals surface area contributed by atoms with Crippen molar-refractivity contribution in [1.29, 1.82) is 0 Å². The van der Waals surface area contributed by atoms with Crippen LogP contribution >= 0.6 is 0 Å². The molecule has 33 heavy (non-hydrogen) atoms. The molecule has 0 spiro atoms. The first-order chi connectivity index (χ1) is 15.9. The van der Waals surface area contributed by atoms with Crippen LogP contribution in [0, 0.1) is 5.82 Å². The van der Waals surface area contributed by atoms with Crippen LogP contribution in [0.2, 0.25) is 0 Å². The smallest absolute Gasteiger partial charge is 0.251 e. The summed E-state index contributed by atoms with van der Waals surface area (Å²) in [5.74, 6) is 0.0558. The molecule has 0 aliphatic rings. The number of aryl methyl sites for hydroxylation is 3. The Labute approximate surface area is 195 Å². The van der Waals surface area contributed by atoms with E-state index in [1.807, 2.05) is 6.92 Å². The van der Waals surface area contributed by atoms with E-state index in [0.29, 0.717) is 36.3 Å². The number of halogens is 1. The number of methoxy groups -OCH3 is 2. The van der Waals surface area contributed by atoms with E-state index < -0.39 is 5.82 Å². The number of rotatable bonds is 13. The largest absolute Gasteiger partial charge is 0.494 e. The Hall–Kier alpha value is -2.84. The summed E-state index contributed by atoms with van der Waals surface area (Å²) >= 11 is 0. The van der Waals surface area contributed by atoms with Gasteiger partial charge in [0.25, 0.3) is 5.91 Å². The normalized spacial score (nSPS) is 11.5. The lowest BCUT2D eigenvalue weighted by Gasteiger charge is -2.12. The van der Waals surface area contributed by atoms with Crippen LogP contribution < -0.4 is 15.4 Å². The van der Waals surface area contributed by atoms with E-state index in [9.17, 15) is 9.18 Å². The van der Waals surface area contributed by atoms with Crippen LogP contribution in [-0.2, 0) is 24.0 Å². The molecule has 7 nitrogen and oxygen atoms in total. The first kappa shape index (κ1) is 26.4. The van der Waals surface area contributed by atoms with Gasteiger partial charge in [0.2, 0.25) is 0 Å². The van der Waals surface area contributed by atoms with Crippen molar-refractivity contribution in [2.75, 3.05) is 41.0 Å². The monoisotopic (exact) mass is 458 g/mol. The van der Waals surface area contributed by atoms with Gasteiger partial charge in [0.1, 0.15) is 0 Å². The van der Waals surface area contributed by atoms with Crippen LogP contribution in [0.1, 0.15) is 47.3 Å². The van der Waals surface area contributed by atoms with Crippen molar-refractivity contribution >= 4 is 17.4 Å². The highest BCUT2D eigenvalue weighted by atomic mass is 19.1. The minimum Gasteiger partial charge on any atom is -0.494 e. The maximum absolute atomic E-state index is 14.7. The molecule has 1 amide bonds. The summed E-state index contributed by atoms with van der Waals surface area (Å²) in [5.41, 5.74) is 3.80. The highest BCUT2D eigenvalue weighted by Gasteiger charge is 2.15. The summed E-state index contributed by atoms with van der Waals surface area (Å²) in [4.78, 5) is 21.3. The predicted octanol–water partition coefficient (Wildman–Crippen LogP) is 3.66. The first-order valence-corrected chi connectivity index (χ1v) is 11.2. The van der Waals surface area contributed by atoms with Crippen molar-refractivity contribution < 1.29 is 18.7 Å². The van der Waals surface area contributed by atoms with E-state index in [2.05, 4.69) is 33.6 Å². The second kappa shape index (κ2) is 13.6. The van der Waals surface area contributed by atoms with E-state index in [1.54, 1.807) is 26.4 Å². The molecule has 2 rings (SSSR count). The third kappa shape index (κ3) is 7.91. The Kier molecular flexibility index (Phi) is 10.9. The molecule has 0 bridgehead atoms. The summed E-state index contributed by atoms with van der Waals surface area (Å²) in [6.45, 7) is 6.34. The van der Waals surface area contributed by atoms with Gasteiger partial charge in [-0.15, -0.1) is 0 Å². The van der Waals surface area contributed by atoms with E-state index in [0.717, 1.165) is 42.8 Å². The second-order valence-corrected chi connectivity index (χ2v) is 7.78. The second-order valence-electron chi connectivity index (χ2n) is 7.78. The zero-order valence-electron chi connectivity index (χ0n) is 20.3. The zero-order valence-corrected chi connectivity index (χ0v) is 20.3. The van der Waals surface area contributed by atoms with Gasteiger partial charge in [0, 0.05) is 44.8 Å². The fourth-order valence-corrected chi connectivity index (χ4v) is 3.42. The minimum atomic E-state index is -0.441. The minimum absolute atomic E-state index is 0.0643. The molecule has 0 fully saturated rings. The van der Waals surface area contributed by atoms with Gasteiger partial charge in [-0.3, -0.25) is 4.79 Å². The van der Waals surface area contributed by atoms with Crippen molar-refractivity contribution in [2.45, 2.75) is 39.5 Å². The number of carbonyl (C=O) groups excluding carboxylic acids is 1. The first-order valence-electron chi connectivity index (χ1n) is 11.2. The molecule has 0 atom stereocenters. The van der Waals surface area contributed by atoms with Gasteiger partial charge in [-0.1, -0.05) is 13.0 Å². The molecule has 180 valence electrons. The SMILES string of the molecule is CCc1cc(CCc2cc(C(=O)NC)cc(OC)c2F)cnc1N=C(C)CNCCCOC. The average molecular weight is 459 g/mol. The molecular weight excluding hydrogens is 423 g/mol. The quantitative estimate of drug-likeness (QED) is 0.354. The number of amides is 1. The summed E-state index contributed by atoms with van der Waals surface area (Å²) in [7, 11) is 4.63. The zero-order chi connectivity index (χ0) is 24.2. The highest BCUT2D eigenvalue weighted by molar-refractivity contribution is 5.94. The Balaban J connectivity index is 2.11. The van der Waals surface area contributed by atoms with E-state index in [4.69, 9.17) is 9.47 Å². The lowest BCUT2D eigenvalue weighted by atomic mass is 10.0. The van der Waals surface area contributed by atoms with Crippen molar-refractivity contribution in [1.82, 2.24) is 15.6 Å². The van der Waals surface area contributed by atoms with Gasteiger partial charge in [0.15, 0.2) is 17.4 Å². The maximum atomic E-state index is 14.7. The van der Waals surface area contributed by atoms with Gasteiger partial charge in [-0.2, -0.15) is 0 Å². The maximum Gasteiger partial charge on any atom is 0.251 e. The third-order valence-electron chi connectivity index (χ3n) is 5.27. The molecule has 0 saturated carbocycles. The Morgan fingerprint density at radius 3 is 2.64 bits per heavy atom. The number of nitrogens with zero attached hydrogens (tertiary/aromatic N) is 2. The lowest BCUT2D eigenvalue weighted by Crippen LogP contribution is -2.23. The van der Waals surface area contributed by atoms with Gasteiger partial charge in [-0.25, -0.2) is 14.4 Å². The lowest BCUT2D eigenvalue weighted by molar-refractivity contribution is 0.0962. The summed E-state index contributed by atoms with van der Waals surface area (Å²) in [5, 5.41) is 5.91. The molecule has 0 saturated heterocycles. The van der Waals surface area contributed by atoms with Crippen LogP contribution in [0.3, 0.4) is 0 Å². The molecule has 1 aromatic carbocycles. The predicted molar refractivity (Wildman–Crippen MR) is 129 cm³/mol. The molecule has 0 aliphatic heterocycles. The topological polar surface area (TPSA) is 84.8 Å². The molecule has 0 aliphatic carbocycles. The number of hydrogen-bond donors (Lipinski definition) is 2. The van der Waals surface area contributed by atoms with E-state index in [1.165, 1.54) is 13.2 Å². The fourth-order valence-electron chi connectivity index (χ4n) is 3.42. The molecular formula is C25H35FN4O3. The standard InChI is InChI=1S/C25H35FN4O3/c1-6-19-12-18(16-29-24(19)30-17(2)15-28-10-7-11-32-4)8-9-20-13-21(25(31)27-3)14-22(33-5)23(20)26/h12-14,16,28H,6-11,15H2,1-5H3,(H,27,31). The average Bonchev–Trinajstić information content (AvgIpc) is 2.83. The molecule has 1 aromatic heterocycles. The van der Waals surface area contributed by atoms with Gasteiger partial charge in [0.05, 0.1) is 7.11 Å². The van der Waals surface area contributed by atoms with Gasteiger partial charge >= 0.3 is 0 Å². The van der Waals surface area contributed by atoms with Crippen molar-refractivity contribution in [2.24, 2.45) is 4.99 Å². The number of aromatic nitrogens is 1. The number of nitrogens with one attached hydrogen (secondary N) is 2. The molecule has 1 heterocycles. The molecule has 8 heteroatoms. The van der Waals surface area contributed by atoms with Gasteiger partial charge in [-0.05, 0) is 68.0 Å². The Bertz CT molecular complexity index is 963. The number of hydrogen-bond acceptors (Lipinski definition) is 6. The van der Waals surface area contributed by atoms with Crippen LogP contribution in [-0.4, -0.2) is 57.6 Å². The highest BCUT2D eigenvalue weighted by Crippen LogP contribution is 2.25. The number of carbonyl (C=O) groups is 1. The van der Waals surface area contributed by atoms with Crippen LogP contribution in [0.25, 0.3) is 0 Å². The summed E-state index contributed by atoms with van der Waals surface area (Å²) in [6.07, 6.45) is 4.54. The van der Waals surface area contributed by atoms with Crippen LogP contribution in [0.5, 0.6) is 5.75 Å². The molecule has 0 unspecified atom stereocenters. The van der Waals surface area contributed by atoms with Crippen LogP contribution in [0.4, 0.5) is 10.2 Å². The Morgan fingerprint density at radius 2 is 1.97 bits per heavy atom. The fraction of sp³-hybridized carbons (Fsp3) is 0.480. The number of benzene rings is 1. The van der Waals surface area contributed by atoms with Crippen LogP contribution in [0.15, 0.2) is 29.4 Å². The number of aliphatic imine (C=N–C) groups is 1. The Morgan fingerprint density at radius 1 is 1.18 bits per heavy atom.